The molecule has 0 aliphatic carbocycles. The molecule has 0 amide bonds. The molecule has 0 saturated carbocycles. The first kappa shape index (κ1) is 21.9. The van der Waals surface area contributed by atoms with Crippen molar-refractivity contribution >= 4 is 27.6 Å². The van der Waals surface area contributed by atoms with Gasteiger partial charge in [0, 0.05) is 46.7 Å². The third-order valence-electron chi connectivity index (χ3n) is 5.50. The van der Waals surface area contributed by atoms with Gasteiger partial charge in [0.05, 0.1) is 17.6 Å². The summed E-state index contributed by atoms with van der Waals surface area (Å²) in [6, 6.07) is 19.0. The van der Waals surface area contributed by atoms with Gasteiger partial charge in [-0.15, -0.1) is 0 Å². The van der Waals surface area contributed by atoms with E-state index in [1.165, 1.54) is 25.3 Å². The second-order valence-electron chi connectivity index (χ2n) is 7.70. The Balaban J connectivity index is 1.47. The second kappa shape index (κ2) is 8.79. The average Bonchev–Trinajstić information content (AvgIpc) is 2.86. The predicted molar refractivity (Wildman–Crippen MR) is 128 cm³/mol. The van der Waals surface area contributed by atoms with Gasteiger partial charge in [-0.25, -0.2) is 9.59 Å². The Morgan fingerprint density at radius 1 is 0.829 bits per heavy atom. The molecule has 0 spiro atoms. The van der Waals surface area contributed by atoms with Crippen LogP contribution in [0.4, 0.5) is 5.69 Å². The number of benzene rings is 3. The Bertz CT molecular complexity index is 1700. The number of nitro benzene ring substituents is 1. The van der Waals surface area contributed by atoms with Gasteiger partial charge in [-0.05, 0) is 48.0 Å². The van der Waals surface area contributed by atoms with E-state index >= 15 is 0 Å². The Morgan fingerprint density at radius 3 is 2.31 bits per heavy atom. The Hall–Kier alpha value is -4.92. The van der Waals surface area contributed by atoms with Gasteiger partial charge >= 0.3 is 11.3 Å². The van der Waals surface area contributed by atoms with E-state index in [9.17, 15) is 19.7 Å². The number of methoxy groups -OCH3 is 1. The molecule has 9 nitrogen and oxygen atoms in total. The summed E-state index contributed by atoms with van der Waals surface area (Å²) in [5, 5.41) is 12.0. The summed E-state index contributed by atoms with van der Waals surface area (Å²) in [5.41, 5.74) is 0.755. The van der Waals surface area contributed by atoms with E-state index in [0.29, 0.717) is 39.0 Å². The van der Waals surface area contributed by atoms with E-state index in [-0.39, 0.29) is 17.9 Å². The van der Waals surface area contributed by atoms with Crippen molar-refractivity contribution in [3.63, 3.8) is 0 Å². The summed E-state index contributed by atoms with van der Waals surface area (Å²) < 4.78 is 21.8. The molecule has 0 N–H and O–H groups in total. The maximum absolute atomic E-state index is 12.9. The molecule has 0 fully saturated rings. The van der Waals surface area contributed by atoms with Crippen LogP contribution in [0.1, 0.15) is 5.56 Å². The normalized spacial score (nSPS) is 11.0. The molecule has 0 radical (unpaired) electrons. The molecule has 3 aromatic carbocycles. The number of non-ortho nitro benzene ring substituents is 1. The van der Waals surface area contributed by atoms with Crippen LogP contribution in [0.15, 0.2) is 91.2 Å². The summed E-state index contributed by atoms with van der Waals surface area (Å²) >= 11 is 0. The molecule has 0 saturated heterocycles. The van der Waals surface area contributed by atoms with Crippen molar-refractivity contribution in [1.82, 2.24) is 0 Å². The summed E-state index contributed by atoms with van der Waals surface area (Å²) in [4.78, 5) is 35.3. The molecule has 2 aromatic heterocycles. The predicted octanol–water partition coefficient (Wildman–Crippen LogP) is 5.06. The number of rotatable bonds is 6. The van der Waals surface area contributed by atoms with Gasteiger partial charge in [-0.2, -0.15) is 0 Å². The van der Waals surface area contributed by atoms with Crippen LogP contribution in [0, 0.1) is 10.1 Å². The number of ether oxygens (including phenoxy) is 2. The van der Waals surface area contributed by atoms with Gasteiger partial charge in [0.15, 0.2) is 0 Å². The van der Waals surface area contributed by atoms with Crippen molar-refractivity contribution in [3.8, 4) is 22.6 Å². The van der Waals surface area contributed by atoms with Crippen LogP contribution in [0.25, 0.3) is 33.1 Å². The molecular formula is C26H17NO8. The first-order chi connectivity index (χ1) is 16.9. The molecule has 0 unspecified atom stereocenters. The largest absolute Gasteiger partial charge is 0.497 e. The lowest BCUT2D eigenvalue weighted by molar-refractivity contribution is -0.384. The molecule has 0 atom stereocenters. The quantitative estimate of drug-likeness (QED) is 0.191. The Morgan fingerprint density at radius 2 is 1.57 bits per heavy atom. The molecule has 5 aromatic rings. The van der Waals surface area contributed by atoms with Crippen molar-refractivity contribution in [2.45, 2.75) is 6.61 Å². The molecule has 174 valence electrons. The monoisotopic (exact) mass is 471 g/mol. The van der Waals surface area contributed by atoms with Crippen molar-refractivity contribution in [1.29, 1.82) is 0 Å². The van der Waals surface area contributed by atoms with Crippen LogP contribution >= 0.6 is 0 Å². The lowest BCUT2D eigenvalue weighted by atomic mass is 10.0. The topological polar surface area (TPSA) is 122 Å². The van der Waals surface area contributed by atoms with E-state index < -0.39 is 16.2 Å². The van der Waals surface area contributed by atoms with Crippen molar-refractivity contribution in [2.24, 2.45) is 0 Å². The van der Waals surface area contributed by atoms with E-state index in [4.69, 9.17) is 18.3 Å². The van der Waals surface area contributed by atoms with E-state index in [2.05, 4.69) is 0 Å². The van der Waals surface area contributed by atoms with Gasteiger partial charge in [0.25, 0.3) is 5.69 Å². The first-order valence-corrected chi connectivity index (χ1v) is 10.5. The first-order valence-electron chi connectivity index (χ1n) is 10.5. The van der Waals surface area contributed by atoms with E-state index in [0.717, 1.165) is 5.56 Å². The number of hydrogen-bond acceptors (Lipinski definition) is 8. The van der Waals surface area contributed by atoms with Crippen LogP contribution in [0.5, 0.6) is 11.5 Å². The zero-order chi connectivity index (χ0) is 24.5. The fraction of sp³-hybridized carbons (Fsp3) is 0.0769. The standard InChI is InChI=1S/C26H17NO8/c1-32-18-8-9-20-21(13-25(28)34-24(20)11-18)22-10-16-4-7-19(12-23(16)35-26(22)29)33-14-15-2-5-17(6-3-15)27(30)31/h2-13H,14H2,1H3. The molecule has 5 rings (SSSR count). The highest BCUT2D eigenvalue weighted by atomic mass is 16.6. The smallest absolute Gasteiger partial charge is 0.344 e. The maximum atomic E-state index is 12.9. The fourth-order valence-corrected chi connectivity index (χ4v) is 3.74. The van der Waals surface area contributed by atoms with Crippen molar-refractivity contribution in [3.05, 3.63) is 109 Å². The number of nitrogens with zero attached hydrogens (tertiary/aromatic N) is 1. The van der Waals surface area contributed by atoms with Crippen LogP contribution in [-0.2, 0) is 6.61 Å². The van der Waals surface area contributed by atoms with Crippen LogP contribution < -0.4 is 20.7 Å². The summed E-state index contributed by atoms with van der Waals surface area (Å²) in [5.74, 6) is 0.981. The SMILES string of the molecule is COc1ccc2c(-c3cc4ccc(OCc5ccc([N+](=O)[O-])cc5)cc4oc3=O)cc(=O)oc2c1. The highest BCUT2D eigenvalue weighted by molar-refractivity contribution is 5.95. The fourth-order valence-electron chi connectivity index (χ4n) is 3.74. The average molecular weight is 471 g/mol. The minimum atomic E-state index is -0.618. The van der Waals surface area contributed by atoms with Crippen molar-refractivity contribution in [2.75, 3.05) is 7.11 Å². The van der Waals surface area contributed by atoms with E-state index in [1.54, 1.807) is 54.6 Å². The minimum absolute atomic E-state index is 0.000128. The summed E-state index contributed by atoms with van der Waals surface area (Å²) in [7, 11) is 1.50. The lowest BCUT2D eigenvalue weighted by Crippen LogP contribution is -2.06. The molecule has 35 heavy (non-hydrogen) atoms. The van der Waals surface area contributed by atoms with Gasteiger partial charge in [0.2, 0.25) is 0 Å². The third kappa shape index (κ3) is 4.34. The number of nitro groups is 1. The molecule has 0 aliphatic rings. The minimum Gasteiger partial charge on any atom is -0.497 e. The maximum Gasteiger partial charge on any atom is 0.344 e. The highest BCUT2D eigenvalue weighted by Gasteiger charge is 2.15. The van der Waals surface area contributed by atoms with Gasteiger partial charge < -0.3 is 18.3 Å². The number of fused-ring (bicyclic) bond motifs is 2. The lowest BCUT2D eigenvalue weighted by Gasteiger charge is -2.09. The molecule has 2 heterocycles. The second-order valence-corrected chi connectivity index (χ2v) is 7.70. The Labute approximate surface area is 196 Å². The van der Waals surface area contributed by atoms with Crippen molar-refractivity contribution < 1.29 is 23.2 Å². The van der Waals surface area contributed by atoms with Crippen LogP contribution in [0.3, 0.4) is 0 Å². The number of hydrogen-bond donors (Lipinski definition) is 0. The Kier molecular flexibility index (Phi) is 5.50. The van der Waals surface area contributed by atoms with Gasteiger partial charge in [-0.1, -0.05) is 0 Å². The van der Waals surface area contributed by atoms with Gasteiger partial charge in [-0.3, -0.25) is 10.1 Å². The van der Waals surface area contributed by atoms with Gasteiger partial charge in [0.1, 0.15) is 29.3 Å². The zero-order valence-electron chi connectivity index (χ0n) is 18.3. The molecular weight excluding hydrogens is 454 g/mol. The van der Waals surface area contributed by atoms with Crippen LogP contribution in [-0.4, -0.2) is 12.0 Å². The van der Waals surface area contributed by atoms with Crippen LogP contribution in [0.2, 0.25) is 0 Å². The van der Waals surface area contributed by atoms with E-state index in [1.807, 2.05) is 0 Å². The summed E-state index contributed by atoms with van der Waals surface area (Å²) in [6.45, 7) is 0.182. The third-order valence-corrected chi connectivity index (χ3v) is 5.50. The molecule has 0 bridgehead atoms. The molecule has 9 heteroatoms. The summed E-state index contributed by atoms with van der Waals surface area (Å²) in [6.07, 6.45) is 0. The highest BCUT2D eigenvalue weighted by Crippen LogP contribution is 2.30. The zero-order valence-corrected chi connectivity index (χ0v) is 18.3. The molecule has 0 aliphatic heterocycles.